The van der Waals surface area contributed by atoms with E-state index < -0.39 is 0 Å². The number of piperidine rings is 1. The van der Waals surface area contributed by atoms with Crippen molar-refractivity contribution in [1.82, 2.24) is 15.1 Å². The lowest BCUT2D eigenvalue weighted by Gasteiger charge is -2.34. The molecule has 2 aliphatic rings. The SMILES string of the molecule is CCNC(=NCCCN1CC(C)CC(C)C1)N(C)CCC1CCOCC1.I. The van der Waals surface area contributed by atoms with Crippen LogP contribution in [-0.4, -0.2) is 75.3 Å². The minimum Gasteiger partial charge on any atom is -0.381 e. The summed E-state index contributed by atoms with van der Waals surface area (Å²) in [6.45, 7) is 15.4. The third-order valence-electron chi connectivity index (χ3n) is 5.75. The quantitative estimate of drug-likeness (QED) is 0.242. The molecule has 0 bridgehead atoms. The molecule has 2 atom stereocenters. The summed E-state index contributed by atoms with van der Waals surface area (Å²) in [6.07, 6.45) is 6.22. The molecule has 0 spiro atoms. The molecule has 2 rings (SSSR count). The number of rotatable bonds is 8. The molecule has 0 aromatic rings. The number of ether oxygens (including phenoxy) is 1. The van der Waals surface area contributed by atoms with Crippen LogP contribution < -0.4 is 5.32 Å². The van der Waals surface area contributed by atoms with Gasteiger partial charge in [-0.1, -0.05) is 13.8 Å². The molecular formula is C21H43IN4O. The first-order valence-corrected chi connectivity index (χ1v) is 10.9. The van der Waals surface area contributed by atoms with Crippen LogP contribution in [0.3, 0.4) is 0 Å². The van der Waals surface area contributed by atoms with Gasteiger partial charge in [0.05, 0.1) is 0 Å². The maximum Gasteiger partial charge on any atom is 0.193 e. The van der Waals surface area contributed by atoms with E-state index in [0.29, 0.717) is 0 Å². The first-order valence-electron chi connectivity index (χ1n) is 10.9. The van der Waals surface area contributed by atoms with Gasteiger partial charge in [-0.15, -0.1) is 24.0 Å². The van der Waals surface area contributed by atoms with Crippen molar-refractivity contribution in [3.63, 3.8) is 0 Å². The lowest BCUT2D eigenvalue weighted by atomic mass is 9.92. The highest BCUT2D eigenvalue weighted by molar-refractivity contribution is 14.0. The van der Waals surface area contributed by atoms with Crippen molar-refractivity contribution in [2.75, 3.05) is 59.5 Å². The molecule has 1 N–H and O–H groups in total. The number of nitrogens with zero attached hydrogens (tertiary/aromatic N) is 3. The molecule has 0 radical (unpaired) electrons. The van der Waals surface area contributed by atoms with Crippen LogP contribution in [0.15, 0.2) is 4.99 Å². The molecule has 2 aliphatic heterocycles. The Hall–Kier alpha value is -0.0800. The zero-order valence-electron chi connectivity index (χ0n) is 18.1. The van der Waals surface area contributed by atoms with Crippen molar-refractivity contribution in [3.8, 4) is 0 Å². The van der Waals surface area contributed by atoms with Crippen LogP contribution in [0, 0.1) is 17.8 Å². The normalized spacial score (nSPS) is 25.1. The van der Waals surface area contributed by atoms with Crippen LogP contribution in [0.4, 0.5) is 0 Å². The third-order valence-corrected chi connectivity index (χ3v) is 5.75. The molecule has 0 aromatic carbocycles. The van der Waals surface area contributed by atoms with Crippen LogP contribution in [0.1, 0.15) is 52.9 Å². The summed E-state index contributed by atoms with van der Waals surface area (Å²) < 4.78 is 5.47. The summed E-state index contributed by atoms with van der Waals surface area (Å²) in [6, 6.07) is 0. The third kappa shape index (κ3) is 9.79. The van der Waals surface area contributed by atoms with Crippen LogP contribution >= 0.6 is 24.0 Å². The summed E-state index contributed by atoms with van der Waals surface area (Å²) >= 11 is 0. The van der Waals surface area contributed by atoms with Crippen molar-refractivity contribution >= 4 is 29.9 Å². The molecule has 2 unspecified atom stereocenters. The first kappa shape index (κ1) is 25.0. The van der Waals surface area contributed by atoms with Gasteiger partial charge in [-0.05, 0) is 63.3 Å². The lowest BCUT2D eigenvalue weighted by Crippen LogP contribution is -2.41. The largest absolute Gasteiger partial charge is 0.381 e. The number of guanidine groups is 1. The number of hydrogen-bond acceptors (Lipinski definition) is 3. The highest BCUT2D eigenvalue weighted by atomic mass is 127. The molecule has 2 heterocycles. The zero-order chi connectivity index (χ0) is 18.8. The van der Waals surface area contributed by atoms with E-state index in [9.17, 15) is 0 Å². The second-order valence-corrected chi connectivity index (χ2v) is 8.56. The number of hydrogen-bond donors (Lipinski definition) is 1. The molecule has 5 nitrogen and oxygen atoms in total. The number of nitrogens with one attached hydrogen (secondary N) is 1. The van der Waals surface area contributed by atoms with Crippen LogP contribution in [0.25, 0.3) is 0 Å². The van der Waals surface area contributed by atoms with E-state index in [-0.39, 0.29) is 24.0 Å². The highest BCUT2D eigenvalue weighted by Crippen LogP contribution is 2.21. The van der Waals surface area contributed by atoms with Gasteiger partial charge in [0.1, 0.15) is 0 Å². The van der Waals surface area contributed by atoms with Crippen molar-refractivity contribution in [1.29, 1.82) is 0 Å². The van der Waals surface area contributed by atoms with Gasteiger partial charge in [0.15, 0.2) is 5.96 Å². The Morgan fingerprint density at radius 3 is 2.48 bits per heavy atom. The predicted octanol–water partition coefficient (Wildman–Crippen LogP) is 3.69. The van der Waals surface area contributed by atoms with Gasteiger partial charge >= 0.3 is 0 Å². The molecule has 2 saturated heterocycles. The van der Waals surface area contributed by atoms with E-state index in [1.54, 1.807) is 0 Å². The minimum atomic E-state index is 0. The molecule has 2 fully saturated rings. The number of aliphatic imine (C=N–C) groups is 1. The van der Waals surface area contributed by atoms with E-state index >= 15 is 0 Å². The second-order valence-electron chi connectivity index (χ2n) is 8.56. The minimum absolute atomic E-state index is 0. The smallest absolute Gasteiger partial charge is 0.193 e. The van der Waals surface area contributed by atoms with E-state index in [2.05, 4.69) is 42.9 Å². The number of halogens is 1. The Morgan fingerprint density at radius 2 is 1.85 bits per heavy atom. The Bertz CT molecular complexity index is 405. The fourth-order valence-corrected chi connectivity index (χ4v) is 4.44. The van der Waals surface area contributed by atoms with E-state index in [1.165, 1.54) is 45.3 Å². The summed E-state index contributed by atoms with van der Waals surface area (Å²) in [4.78, 5) is 9.82. The van der Waals surface area contributed by atoms with E-state index in [0.717, 1.165) is 63.0 Å². The average molecular weight is 495 g/mol. The Morgan fingerprint density at radius 1 is 1.19 bits per heavy atom. The molecule has 0 saturated carbocycles. The molecule has 0 aromatic heterocycles. The Labute approximate surface area is 184 Å². The van der Waals surface area contributed by atoms with Gasteiger partial charge in [-0.2, -0.15) is 0 Å². The first-order chi connectivity index (χ1) is 12.6. The summed E-state index contributed by atoms with van der Waals surface area (Å²) in [5, 5.41) is 3.46. The monoisotopic (exact) mass is 494 g/mol. The van der Waals surface area contributed by atoms with Gasteiger partial charge in [-0.3, -0.25) is 4.99 Å². The Kier molecular flexibility index (Phi) is 12.9. The van der Waals surface area contributed by atoms with Crippen molar-refractivity contribution in [2.45, 2.75) is 52.9 Å². The van der Waals surface area contributed by atoms with Gasteiger partial charge in [0, 0.05) is 53.0 Å². The summed E-state index contributed by atoms with van der Waals surface area (Å²) in [7, 11) is 2.18. The number of likely N-dealkylation sites (tertiary alicyclic amines) is 1. The van der Waals surface area contributed by atoms with Gasteiger partial charge in [0.25, 0.3) is 0 Å². The summed E-state index contributed by atoms with van der Waals surface area (Å²) in [5.74, 6) is 3.57. The van der Waals surface area contributed by atoms with Crippen LogP contribution in [0.2, 0.25) is 0 Å². The maximum absolute atomic E-state index is 5.47. The van der Waals surface area contributed by atoms with Crippen molar-refractivity contribution < 1.29 is 4.74 Å². The van der Waals surface area contributed by atoms with Crippen molar-refractivity contribution in [2.24, 2.45) is 22.7 Å². The molecule has 160 valence electrons. The highest BCUT2D eigenvalue weighted by Gasteiger charge is 2.21. The van der Waals surface area contributed by atoms with Crippen LogP contribution in [-0.2, 0) is 4.74 Å². The predicted molar refractivity (Wildman–Crippen MR) is 126 cm³/mol. The van der Waals surface area contributed by atoms with E-state index in [1.807, 2.05) is 0 Å². The lowest BCUT2D eigenvalue weighted by molar-refractivity contribution is 0.0625. The molecule has 0 amide bonds. The average Bonchev–Trinajstić information content (AvgIpc) is 2.62. The standard InChI is InChI=1S/C21H42N4O.HI/c1-5-22-21(24(4)12-7-20-8-13-26-14-9-20)23-10-6-11-25-16-18(2)15-19(3)17-25;/h18-20H,5-17H2,1-4H3,(H,22,23);1H. The fourth-order valence-electron chi connectivity index (χ4n) is 4.44. The van der Waals surface area contributed by atoms with Gasteiger partial charge in [-0.25, -0.2) is 0 Å². The van der Waals surface area contributed by atoms with Gasteiger partial charge < -0.3 is 19.9 Å². The Balaban J connectivity index is 0.00000364. The van der Waals surface area contributed by atoms with Crippen LogP contribution in [0.5, 0.6) is 0 Å². The second kappa shape index (κ2) is 14.0. The molecule has 6 heteroatoms. The molecular weight excluding hydrogens is 451 g/mol. The van der Waals surface area contributed by atoms with E-state index in [4.69, 9.17) is 9.73 Å². The zero-order valence-corrected chi connectivity index (χ0v) is 20.4. The molecule has 0 aliphatic carbocycles. The van der Waals surface area contributed by atoms with Crippen molar-refractivity contribution in [3.05, 3.63) is 0 Å². The summed E-state index contributed by atoms with van der Waals surface area (Å²) in [5.41, 5.74) is 0. The fraction of sp³-hybridized carbons (Fsp3) is 0.952. The maximum atomic E-state index is 5.47. The van der Waals surface area contributed by atoms with Gasteiger partial charge in [0.2, 0.25) is 0 Å². The topological polar surface area (TPSA) is 40.1 Å². The molecule has 27 heavy (non-hydrogen) atoms.